The van der Waals surface area contributed by atoms with E-state index in [1.165, 1.54) is 0 Å². The van der Waals surface area contributed by atoms with Crippen molar-refractivity contribution >= 4 is 21.8 Å². The van der Waals surface area contributed by atoms with Gasteiger partial charge in [0.05, 0.1) is 6.42 Å². The fourth-order valence-corrected chi connectivity index (χ4v) is 2.86. The zero-order chi connectivity index (χ0) is 13.0. The second kappa shape index (κ2) is 6.34. The Kier molecular flexibility index (Phi) is 4.78. The third kappa shape index (κ3) is 3.33. The number of benzene rings is 1. The van der Waals surface area contributed by atoms with Gasteiger partial charge in [0.1, 0.15) is 0 Å². The highest BCUT2D eigenvalue weighted by atomic mass is 79.9. The summed E-state index contributed by atoms with van der Waals surface area (Å²) in [7, 11) is 1.96. The summed E-state index contributed by atoms with van der Waals surface area (Å²) in [5.74, 6) is 0.846. The van der Waals surface area contributed by atoms with Gasteiger partial charge in [0.15, 0.2) is 0 Å². The second-order valence-electron chi connectivity index (χ2n) is 4.82. The van der Waals surface area contributed by atoms with Crippen molar-refractivity contribution in [1.29, 1.82) is 0 Å². The van der Waals surface area contributed by atoms with Gasteiger partial charge >= 0.3 is 0 Å². The summed E-state index contributed by atoms with van der Waals surface area (Å²) in [4.78, 5) is 14.2. The molecule has 0 bridgehead atoms. The molecule has 3 nitrogen and oxygen atoms in total. The molecule has 1 aromatic carbocycles. The van der Waals surface area contributed by atoms with Crippen LogP contribution in [-0.2, 0) is 11.2 Å². The van der Waals surface area contributed by atoms with E-state index in [2.05, 4.69) is 21.2 Å². The zero-order valence-electron chi connectivity index (χ0n) is 10.7. The molecule has 1 fully saturated rings. The minimum Gasteiger partial charge on any atom is -0.342 e. The molecule has 2 rings (SSSR count). The third-order valence-corrected chi connectivity index (χ3v) is 4.20. The number of amides is 1. The Labute approximate surface area is 117 Å². The molecule has 0 aromatic heterocycles. The van der Waals surface area contributed by atoms with Crippen LogP contribution in [0.25, 0.3) is 0 Å². The van der Waals surface area contributed by atoms with E-state index in [0.717, 1.165) is 36.1 Å². The number of rotatable bonds is 4. The maximum atomic E-state index is 12.2. The first-order chi connectivity index (χ1) is 8.70. The number of carbonyl (C=O) groups is 1. The standard InChI is InChI=1S/C14H19BrN2O/c1-16-9-11-6-7-17(10-11)14(18)8-12-4-2-3-5-13(12)15/h2-5,11,16H,6-10H2,1H3/t11-/m1/s1. The molecule has 1 saturated heterocycles. The van der Waals surface area contributed by atoms with Gasteiger partial charge in [0, 0.05) is 17.6 Å². The highest BCUT2D eigenvalue weighted by Gasteiger charge is 2.25. The molecule has 0 radical (unpaired) electrons. The van der Waals surface area contributed by atoms with Crippen molar-refractivity contribution in [2.24, 2.45) is 5.92 Å². The SMILES string of the molecule is CNC[C@H]1CCN(C(=O)Cc2ccccc2Br)C1. The number of likely N-dealkylation sites (tertiary alicyclic amines) is 1. The first-order valence-corrected chi connectivity index (χ1v) is 7.15. The number of hydrogen-bond acceptors (Lipinski definition) is 2. The van der Waals surface area contributed by atoms with Crippen LogP contribution in [0, 0.1) is 5.92 Å². The van der Waals surface area contributed by atoms with Crippen LogP contribution in [0.3, 0.4) is 0 Å². The van der Waals surface area contributed by atoms with Gasteiger partial charge in [-0.15, -0.1) is 0 Å². The fraction of sp³-hybridized carbons (Fsp3) is 0.500. The number of halogens is 1. The maximum absolute atomic E-state index is 12.2. The molecule has 0 spiro atoms. The molecule has 1 amide bonds. The Balaban J connectivity index is 1.91. The van der Waals surface area contributed by atoms with E-state index in [9.17, 15) is 4.79 Å². The topological polar surface area (TPSA) is 32.3 Å². The Hall–Kier alpha value is -0.870. The van der Waals surface area contributed by atoms with E-state index in [4.69, 9.17) is 0 Å². The van der Waals surface area contributed by atoms with Crippen LogP contribution < -0.4 is 5.32 Å². The third-order valence-electron chi connectivity index (χ3n) is 3.43. The van der Waals surface area contributed by atoms with E-state index >= 15 is 0 Å². The molecule has 1 N–H and O–H groups in total. The van der Waals surface area contributed by atoms with Crippen LogP contribution in [0.2, 0.25) is 0 Å². The van der Waals surface area contributed by atoms with E-state index in [-0.39, 0.29) is 5.91 Å². The van der Waals surface area contributed by atoms with Crippen LogP contribution in [0.4, 0.5) is 0 Å². The quantitative estimate of drug-likeness (QED) is 0.923. The van der Waals surface area contributed by atoms with Crippen molar-refractivity contribution < 1.29 is 4.79 Å². The van der Waals surface area contributed by atoms with Crippen LogP contribution in [0.1, 0.15) is 12.0 Å². The Morgan fingerprint density at radius 1 is 1.50 bits per heavy atom. The minimum absolute atomic E-state index is 0.237. The van der Waals surface area contributed by atoms with Crippen LogP contribution in [0.15, 0.2) is 28.7 Å². The summed E-state index contributed by atoms with van der Waals surface area (Å²) in [6.07, 6.45) is 1.61. The number of nitrogens with zero attached hydrogens (tertiary/aromatic N) is 1. The van der Waals surface area contributed by atoms with Gasteiger partial charge in [-0.25, -0.2) is 0 Å². The summed E-state index contributed by atoms with van der Waals surface area (Å²) in [5, 5.41) is 3.18. The van der Waals surface area contributed by atoms with E-state index in [1.54, 1.807) is 0 Å². The molecule has 1 heterocycles. The average molecular weight is 311 g/mol. The van der Waals surface area contributed by atoms with Crippen molar-refractivity contribution in [2.75, 3.05) is 26.7 Å². The summed E-state index contributed by atoms with van der Waals surface area (Å²) in [6, 6.07) is 7.93. The zero-order valence-corrected chi connectivity index (χ0v) is 12.2. The monoisotopic (exact) mass is 310 g/mol. The number of nitrogens with one attached hydrogen (secondary N) is 1. The number of hydrogen-bond donors (Lipinski definition) is 1. The largest absolute Gasteiger partial charge is 0.342 e. The van der Waals surface area contributed by atoms with Crippen LogP contribution in [0.5, 0.6) is 0 Å². The molecule has 1 aliphatic heterocycles. The summed E-state index contributed by atoms with van der Waals surface area (Å²) in [5.41, 5.74) is 1.07. The minimum atomic E-state index is 0.237. The van der Waals surface area contributed by atoms with E-state index < -0.39 is 0 Å². The van der Waals surface area contributed by atoms with Crippen LogP contribution in [-0.4, -0.2) is 37.5 Å². The Morgan fingerprint density at radius 3 is 3.00 bits per heavy atom. The molecular formula is C14H19BrN2O. The molecule has 0 saturated carbocycles. The smallest absolute Gasteiger partial charge is 0.227 e. The first kappa shape index (κ1) is 13.6. The molecular weight excluding hydrogens is 292 g/mol. The lowest BCUT2D eigenvalue weighted by atomic mass is 10.1. The van der Waals surface area contributed by atoms with Crippen molar-refractivity contribution in [3.63, 3.8) is 0 Å². The van der Waals surface area contributed by atoms with Gasteiger partial charge in [-0.1, -0.05) is 34.1 Å². The summed E-state index contributed by atoms with van der Waals surface area (Å²) >= 11 is 3.49. The summed E-state index contributed by atoms with van der Waals surface area (Å²) in [6.45, 7) is 2.79. The number of carbonyl (C=O) groups excluding carboxylic acids is 1. The molecule has 1 atom stereocenters. The van der Waals surface area contributed by atoms with Crippen LogP contribution >= 0.6 is 15.9 Å². The first-order valence-electron chi connectivity index (χ1n) is 6.36. The van der Waals surface area contributed by atoms with Crippen molar-refractivity contribution in [2.45, 2.75) is 12.8 Å². The van der Waals surface area contributed by atoms with Crippen molar-refractivity contribution in [1.82, 2.24) is 10.2 Å². The van der Waals surface area contributed by atoms with Gasteiger partial charge in [-0.05, 0) is 37.6 Å². The van der Waals surface area contributed by atoms with Crippen molar-refractivity contribution in [3.8, 4) is 0 Å². The maximum Gasteiger partial charge on any atom is 0.227 e. The molecule has 1 aromatic rings. The predicted molar refractivity (Wildman–Crippen MR) is 76.5 cm³/mol. The highest BCUT2D eigenvalue weighted by Crippen LogP contribution is 2.20. The molecule has 4 heteroatoms. The predicted octanol–water partition coefficient (Wildman–Crippen LogP) is 2.06. The van der Waals surface area contributed by atoms with Gasteiger partial charge in [0.25, 0.3) is 0 Å². The van der Waals surface area contributed by atoms with E-state index in [1.807, 2.05) is 36.2 Å². The molecule has 1 aliphatic rings. The fourth-order valence-electron chi connectivity index (χ4n) is 2.43. The average Bonchev–Trinajstić information content (AvgIpc) is 2.81. The lowest BCUT2D eigenvalue weighted by Gasteiger charge is -2.17. The Bertz CT molecular complexity index is 422. The highest BCUT2D eigenvalue weighted by molar-refractivity contribution is 9.10. The molecule has 98 valence electrons. The molecule has 0 unspecified atom stereocenters. The second-order valence-corrected chi connectivity index (χ2v) is 5.67. The van der Waals surface area contributed by atoms with Gasteiger partial charge in [-0.2, -0.15) is 0 Å². The lowest BCUT2D eigenvalue weighted by molar-refractivity contribution is -0.129. The summed E-state index contributed by atoms with van der Waals surface area (Å²) < 4.78 is 1.02. The van der Waals surface area contributed by atoms with Crippen molar-refractivity contribution in [3.05, 3.63) is 34.3 Å². The Morgan fingerprint density at radius 2 is 2.28 bits per heavy atom. The molecule has 18 heavy (non-hydrogen) atoms. The molecule has 0 aliphatic carbocycles. The van der Waals surface area contributed by atoms with E-state index in [0.29, 0.717) is 12.3 Å². The van der Waals surface area contributed by atoms with Gasteiger partial charge in [0.2, 0.25) is 5.91 Å². The normalized spacial score (nSPS) is 19.2. The lowest BCUT2D eigenvalue weighted by Crippen LogP contribution is -2.31. The van der Waals surface area contributed by atoms with Gasteiger partial charge in [-0.3, -0.25) is 4.79 Å². The van der Waals surface area contributed by atoms with Gasteiger partial charge < -0.3 is 10.2 Å².